The van der Waals surface area contributed by atoms with Crippen molar-refractivity contribution in [1.82, 2.24) is 0 Å². The number of allylic oxidation sites excluding steroid dienone is 1. The minimum absolute atomic E-state index is 0.114. The number of carboxylic acids is 1. The second-order valence-electron chi connectivity index (χ2n) is 5.66. The lowest BCUT2D eigenvalue weighted by atomic mass is 9.96. The Balaban J connectivity index is 2.48. The number of hydrogen-bond donors (Lipinski definition) is 1. The van der Waals surface area contributed by atoms with Crippen LogP contribution in [0.5, 0.6) is 0 Å². The standard InChI is InChI=1S/C18H10Br2F6O2/c19-14-6-3-10(8-15(14)20)12(17(21,22)23)5-2-9-1-4-11(16(27)28)13(7-9)18(24,25)26/h1-8,12H,(H,27,28)/b5-2+. The summed E-state index contributed by atoms with van der Waals surface area (Å²) in [5.41, 5.74) is -2.73. The summed E-state index contributed by atoms with van der Waals surface area (Å²) in [5.74, 6) is -3.85. The maximum Gasteiger partial charge on any atom is 0.417 e. The van der Waals surface area contributed by atoms with E-state index in [2.05, 4.69) is 31.9 Å². The summed E-state index contributed by atoms with van der Waals surface area (Å²) >= 11 is 6.26. The summed E-state index contributed by atoms with van der Waals surface area (Å²) in [5, 5.41) is 8.87. The number of rotatable bonds is 4. The predicted molar refractivity (Wildman–Crippen MR) is 98.1 cm³/mol. The minimum atomic E-state index is -4.96. The van der Waals surface area contributed by atoms with Gasteiger partial charge in [0.2, 0.25) is 0 Å². The Kier molecular flexibility index (Phi) is 6.65. The van der Waals surface area contributed by atoms with Gasteiger partial charge in [0.05, 0.1) is 17.0 Å². The molecule has 0 aliphatic rings. The van der Waals surface area contributed by atoms with Crippen molar-refractivity contribution in [3.8, 4) is 0 Å². The molecule has 150 valence electrons. The predicted octanol–water partition coefficient (Wildman–Crippen LogP) is 7.29. The van der Waals surface area contributed by atoms with Crippen LogP contribution in [0.4, 0.5) is 26.3 Å². The van der Waals surface area contributed by atoms with Crippen LogP contribution in [0.3, 0.4) is 0 Å². The highest BCUT2D eigenvalue weighted by molar-refractivity contribution is 9.13. The number of halogens is 8. The molecule has 1 atom stereocenters. The zero-order chi connectivity index (χ0) is 21.3. The number of carbonyl (C=O) groups is 1. The number of aromatic carboxylic acids is 1. The van der Waals surface area contributed by atoms with E-state index < -0.39 is 35.4 Å². The molecule has 1 unspecified atom stereocenters. The first-order valence-electron chi connectivity index (χ1n) is 7.45. The van der Waals surface area contributed by atoms with E-state index in [4.69, 9.17) is 5.11 Å². The summed E-state index contributed by atoms with van der Waals surface area (Å²) in [4.78, 5) is 10.9. The van der Waals surface area contributed by atoms with Crippen molar-refractivity contribution in [1.29, 1.82) is 0 Å². The van der Waals surface area contributed by atoms with Crippen molar-refractivity contribution in [3.05, 3.63) is 73.7 Å². The molecule has 0 bridgehead atoms. The van der Waals surface area contributed by atoms with Crippen LogP contribution < -0.4 is 0 Å². The fourth-order valence-electron chi connectivity index (χ4n) is 2.41. The Morgan fingerprint density at radius 3 is 2.11 bits per heavy atom. The van der Waals surface area contributed by atoms with Crippen molar-refractivity contribution in [3.63, 3.8) is 0 Å². The Morgan fingerprint density at radius 2 is 1.61 bits per heavy atom. The summed E-state index contributed by atoms with van der Waals surface area (Å²) < 4.78 is 80.4. The van der Waals surface area contributed by atoms with Gasteiger partial charge in [0, 0.05) is 8.95 Å². The van der Waals surface area contributed by atoms with Gasteiger partial charge < -0.3 is 5.11 Å². The zero-order valence-corrected chi connectivity index (χ0v) is 16.7. The smallest absolute Gasteiger partial charge is 0.417 e. The highest BCUT2D eigenvalue weighted by Gasteiger charge is 2.39. The Hall–Kier alpha value is -1.81. The van der Waals surface area contributed by atoms with Crippen molar-refractivity contribution < 1.29 is 36.2 Å². The van der Waals surface area contributed by atoms with Gasteiger partial charge >= 0.3 is 18.3 Å². The van der Waals surface area contributed by atoms with Crippen molar-refractivity contribution >= 4 is 43.9 Å². The monoisotopic (exact) mass is 530 g/mol. The molecule has 0 radical (unpaired) electrons. The van der Waals surface area contributed by atoms with Gasteiger partial charge in [-0.15, -0.1) is 0 Å². The summed E-state index contributed by atoms with van der Waals surface area (Å²) in [6, 6.07) is 6.14. The fourth-order valence-corrected chi connectivity index (χ4v) is 3.05. The molecule has 0 aromatic heterocycles. The van der Waals surface area contributed by atoms with E-state index >= 15 is 0 Å². The second kappa shape index (κ2) is 8.28. The summed E-state index contributed by atoms with van der Waals surface area (Å²) in [6.07, 6.45) is -8.03. The molecule has 2 aromatic rings. The largest absolute Gasteiger partial charge is 0.478 e. The lowest BCUT2D eigenvalue weighted by Crippen LogP contribution is -2.19. The maximum atomic E-state index is 13.4. The van der Waals surface area contributed by atoms with Crippen LogP contribution in [-0.4, -0.2) is 17.3 Å². The highest BCUT2D eigenvalue weighted by Crippen LogP contribution is 2.39. The SMILES string of the molecule is O=C(O)c1ccc(/C=C/C(c2ccc(Br)c(Br)c2)C(F)(F)F)cc1C(F)(F)F. The molecule has 2 rings (SSSR count). The fraction of sp³-hybridized carbons (Fsp3) is 0.167. The molecule has 0 fully saturated rings. The third-order valence-electron chi connectivity index (χ3n) is 3.72. The molecule has 0 saturated heterocycles. The molecule has 0 aliphatic carbocycles. The van der Waals surface area contributed by atoms with Crippen LogP contribution >= 0.6 is 31.9 Å². The van der Waals surface area contributed by atoms with Gasteiger partial charge in [-0.3, -0.25) is 0 Å². The van der Waals surface area contributed by atoms with E-state index in [1.165, 1.54) is 18.2 Å². The number of hydrogen-bond acceptors (Lipinski definition) is 1. The molecule has 10 heteroatoms. The molecule has 2 aromatic carbocycles. The van der Waals surface area contributed by atoms with Gasteiger partial charge in [-0.1, -0.05) is 24.3 Å². The molecular weight excluding hydrogens is 522 g/mol. The topological polar surface area (TPSA) is 37.3 Å². The van der Waals surface area contributed by atoms with Crippen LogP contribution in [0.1, 0.15) is 33.0 Å². The minimum Gasteiger partial charge on any atom is -0.478 e. The Labute approximate surface area is 172 Å². The molecule has 0 saturated carbocycles. The molecule has 0 spiro atoms. The zero-order valence-electron chi connectivity index (χ0n) is 13.6. The molecule has 0 heterocycles. The number of carboxylic acid groups (broad SMARTS) is 1. The third kappa shape index (κ3) is 5.38. The first kappa shape index (κ1) is 22.5. The van der Waals surface area contributed by atoms with Crippen molar-refractivity contribution in [2.24, 2.45) is 0 Å². The summed E-state index contributed by atoms with van der Waals surface area (Å²) in [6.45, 7) is 0. The van der Waals surface area contributed by atoms with Crippen LogP contribution in [0.2, 0.25) is 0 Å². The Morgan fingerprint density at radius 1 is 0.964 bits per heavy atom. The molecule has 0 amide bonds. The molecular formula is C18H10Br2F6O2. The first-order valence-corrected chi connectivity index (χ1v) is 9.03. The van der Waals surface area contributed by atoms with Gasteiger partial charge in [-0.2, -0.15) is 26.3 Å². The second-order valence-corrected chi connectivity index (χ2v) is 7.37. The lowest BCUT2D eigenvalue weighted by Gasteiger charge is -2.18. The molecule has 2 nitrogen and oxygen atoms in total. The first-order chi connectivity index (χ1) is 12.8. The van der Waals surface area contributed by atoms with Gasteiger partial charge in [0.1, 0.15) is 0 Å². The highest BCUT2D eigenvalue weighted by atomic mass is 79.9. The quantitative estimate of drug-likeness (QED) is 0.421. The van der Waals surface area contributed by atoms with E-state index in [9.17, 15) is 31.1 Å². The number of alkyl halides is 6. The molecule has 28 heavy (non-hydrogen) atoms. The van der Waals surface area contributed by atoms with Crippen molar-refractivity contribution in [2.75, 3.05) is 0 Å². The van der Waals surface area contributed by atoms with E-state index in [1.54, 1.807) is 0 Å². The number of benzene rings is 2. The van der Waals surface area contributed by atoms with Crippen LogP contribution in [0.15, 0.2) is 51.4 Å². The van der Waals surface area contributed by atoms with E-state index in [-0.39, 0.29) is 11.1 Å². The third-order valence-corrected chi connectivity index (χ3v) is 5.60. The van der Waals surface area contributed by atoms with Gasteiger partial charge in [0.25, 0.3) is 0 Å². The Bertz CT molecular complexity index is 919. The van der Waals surface area contributed by atoms with Crippen molar-refractivity contribution in [2.45, 2.75) is 18.3 Å². The lowest BCUT2D eigenvalue weighted by molar-refractivity contribution is -0.139. The van der Waals surface area contributed by atoms with Gasteiger partial charge in [0.15, 0.2) is 0 Å². The maximum absolute atomic E-state index is 13.4. The van der Waals surface area contributed by atoms with Crippen LogP contribution in [0, 0.1) is 0 Å². The van der Waals surface area contributed by atoms with E-state index in [1.807, 2.05) is 0 Å². The van der Waals surface area contributed by atoms with Crippen LogP contribution in [-0.2, 0) is 6.18 Å². The normalized spacial score (nSPS) is 13.7. The average molecular weight is 532 g/mol. The average Bonchev–Trinajstić information content (AvgIpc) is 2.56. The van der Waals surface area contributed by atoms with E-state index in [0.29, 0.717) is 21.1 Å². The molecule has 1 N–H and O–H groups in total. The molecule has 0 aliphatic heterocycles. The van der Waals surface area contributed by atoms with Gasteiger partial charge in [-0.25, -0.2) is 4.79 Å². The van der Waals surface area contributed by atoms with Gasteiger partial charge in [-0.05, 0) is 67.3 Å². The van der Waals surface area contributed by atoms with Crippen LogP contribution in [0.25, 0.3) is 6.08 Å². The summed E-state index contributed by atoms with van der Waals surface area (Å²) in [7, 11) is 0. The van der Waals surface area contributed by atoms with E-state index in [0.717, 1.165) is 18.2 Å².